The molecule has 30 heavy (non-hydrogen) atoms. The molecule has 0 atom stereocenters. The maximum absolute atomic E-state index is 12.8. The van der Waals surface area contributed by atoms with Crippen LogP contribution in [0.1, 0.15) is 27.2 Å². The van der Waals surface area contributed by atoms with Crippen LogP contribution in [0.2, 0.25) is 0 Å². The number of ketones is 1. The summed E-state index contributed by atoms with van der Waals surface area (Å²) in [5.74, 6) is -0.825. The van der Waals surface area contributed by atoms with Gasteiger partial charge in [0.25, 0.3) is 0 Å². The van der Waals surface area contributed by atoms with Gasteiger partial charge in [-0.05, 0) is 48.9 Å². The van der Waals surface area contributed by atoms with Gasteiger partial charge in [-0.1, -0.05) is 24.3 Å². The van der Waals surface area contributed by atoms with Crippen LogP contribution in [0.15, 0.2) is 69.9 Å². The molecule has 8 heteroatoms. The van der Waals surface area contributed by atoms with Crippen molar-refractivity contribution in [2.45, 2.75) is 13.1 Å². The summed E-state index contributed by atoms with van der Waals surface area (Å²) in [6.45, 7) is 1.46. The lowest BCUT2D eigenvalue weighted by atomic mass is 10.1. The maximum atomic E-state index is 12.8. The van der Waals surface area contributed by atoms with E-state index in [1.165, 1.54) is 31.2 Å². The van der Waals surface area contributed by atoms with E-state index < -0.39 is 34.5 Å². The third kappa shape index (κ3) is 4.96. The fraction of sp³-hybridized carbons (Fsp3) is 0.0909. The van der Waals surface area contributed by atoms with E-state index in [2.05, 4.69) is 0 Å². The molecule has 0 aliphatic carbocycles. The van der Waals surface area contributed by atoms with Gasteiger partial charge in [0, 0.05) is 6.07 Å². The van der Waals surface area contributed by atoms with Gasteiger partial charge in [0.2, 0.25) is 0 Å². The minimum atomic E-state index is -4.49. The predicted octanol–water partition coefficient (Wildman–Crippen LogP) is 5.36. The van der Waals surface area contributed by atoms with Crippen molar-refractivity contribution in [3.63, 3.8) is 0 Å². The SMILES string of the molecule is Cc1cc(O)c(C(=O)C=Cc2cccc(Oc3cccc(C(F)(F)F)c3)c2)c(=O)o1. The number of aryl methyl sites for hydroxylation is 1. The highest BCUT2D eigenvalue weighted by Crippen LogP contribution is 2.32. The van der Waals surface area contributed by atoms with Crippen molar-refractivity contribution in [2.75, 3.05) is 0 Å². The Kier molecular flexibility index (Phi) is 5.77. The molecule has 0 saturated carbocycles. The quantitative estimate of drug-likeness (QED) is 0.448. The van der Waals surface area contributed by atoms with Crippen LogP contribution < -0.4 is 10.4 Å². The molecule has 3 rings (SSSR count). The van der Waals surface area contributed by atoms with E-state index in [9.17, 15) is 27.9 Å². The van der Waals surface area contributed by atoms with Crippen LogP contribution in [0, 0.1) is 6.92 Å². The molecule has 3 aromatic rings. The summed E-state index contributed by atoms with van der Waals surface area (Å²) >= 11 is 0. The minimum absolute atomic E-state index is 0.00390. The van der Waals surface area contributed by atoms with E-state index >= 15 is 0 Å². The molecule has 0 saturated heterocycles. The summed E-state index contributed by atoms with van der Waals surface area (Å²) in [5.41, 5.74) is -1.79. The van der Waals surface area contributed by atoms with Gasteiger partial charge in [0.15, 0.2) is 5.78 Å². The number of ether oxygens (including phenoxy) is 1. The van der Waals surface area contributed by atoms with Gasteiger partial charge in [-0.25, -0.2) is 4.79 Å². The van der Waals surface area contributed by atoms with Crippen LogP contribution >= 0.6 is 0 Å². The Labute approximate surface area is 168 Å². The van der Waals surface area contributed by atoms with Crippen LogP contribution in [0.5, 0.6) is 17.2 Å². The highest BCUT2D eigenvalue weighted by Gasteiger charge is 2.30. The van der Waals surface area contributed by atoms with Crippen LogP contribution in [-0.2, 0) is 6.18 Å². The van der Waals surface area contributed by atoms with E-state index in [0.29, 0.717) is 5.56 Å². The molecule has 0 aliphatic rings. The second-order valence-corrected chi connectivity index (χ2v) is 6.30. The van der Waals surface area contributed by atoms with Crippen molar-refractivity contribution in [3.8, 4) is 17.2 Å². The smallest absolute Gasteiger partial charge is 0.416 e. The number of alkyl halides is 3. The number of carbonyl (C=O) groups excluding carboxylic acids is 1. The molecule has 0 bridgehead atoms. The molecule has 0 aliphatic heterocycles. The first-order valence-corrected chi connectivity index (χ1v) is 8.65. The third-order valence-corrected chi connectivity index (χ3v) is 3.98. The summed E-state index contributed by atoms with van der Waals surface area (Å²) in [6.07, 6.45) is -2.04. The van der Waals surface area contributed by atoms with Gasteiger partial charge in [0.1, 0.15) is 28.6 Å². The van der Waals surface area contributed by atoms with Crippen molar-refractivity contribution in [3.05, 3.63) is 93.5 Å². The van der Waals surface area contributed by atoms with Gasteiger partial charge in [-0.3, -0.25) is 4.79 Å². The monoisotopic (exact) mass is 416 g/mol. The predicted molar refractivity (Wildman–Crippen MR) is 103 cm³/mol. The maximum Gasteiger partial charge on any atom is 0.416 e. The summed E-state index contributed by atoms with van der Waals surface area (Å²) in [4.78, 5) is 24.0. The highest BCUT2D eigenvalue weighted by atomic mass is 19.4. The van der Waals surface area contributed by atoms with E-state index in [4.69, 9.17) is 9.15 Å². The second kappa shape index (κ2) is 8.28. The topological polar surface area (TPSA) is 76.7 Å². The zero-order valence-electron chi connectivity index (χ0n) is 15.6. The van der Waals surface area contributed by atoms with Crippen LogP contribution in [0.3, 0.4) is 0 Å². The van der Waals surface area contributed by atoms with Gasteiger partial charge in [0.05, 0.1) is 5.56 Å². The molecule has 1 heterocycles. The van der Waals surface area contributed by atoms with Crippen molar-refractivity contribution in [1.82, 2.24) is 0 Å². The third-order valence-electron chi connectivity index (χ3n) is 3.98. The Morgan fingerprint density at radius 2 is 1.73 bits per heavy atom. The number of rotatable bonds is 5. The fourth-order valence-corrected chi connectivity index (χ4v) is 2.63. The molecular weight excluding hydrogens is 401 g/mol. The molecule has 1 aromatic heterocycles. The van der Waals surface area contributed by atoms with Crippen LogP contribution in [0.25, 0.3) is 6.08 Å². The molecule has 0 unspecified atom stereocenters. The lowest BCUT2D eigenvalue weighted by Crippen LogP contribution is -2.12. The summed E-state index contributed by atoms with van der Waals surface area (Å²) < 4.78 is 48.8. The molecule has 0 radical (unpaired) electrons. The molecular formula is C22H15F3O5. The minimum Gasteiger partial charge on any atom is -0.507 e. The standard InChI is InChI=1S/C22H15F3O5/c1-13-10-19(27)20(21(28)29-13)18(26)9-8-14-4-2-6-16(11-14)30-17-7-3-5-15(12-17)22(23,24)25/h2-12,27H,1H3. The molecule has 2 aromatic carbocycles. The average molecular weight is 416 g/mol. The number of hydrogen-bond donors (Lipinski definition) is 1. The first-order valence-electron chi connectivity index (χ1n) is 8.65. The normalized spacial score (nSPS) is 11.6. The second-order valence-electron chi connectivity index (χ2n) is 6.30. The highest BCUT2D eigenvalue weighted by molar-refractivity contribution is 6.08. The summed E-state index contributed by atoms with van der Waals surface area (Å²) in [6, 6.07) is 11.9. The lowest BCUT2D eigenvalue weighted by molar-refractivity contribution is -0.137. The zero-order valence-corrected chi connectivity index (χ0v) is 15.6. The Bertz CT molecular complexity index is 1180. The van der Waals surface area contributed by atoms with Crippen molar-refractivity contribution in [1.29, 1.82) is 0 Å². The molecule has 0 amide bonds. The van der Waals surface area contributed by atoms with Crippen molar-refractivity contribution < 1.29 is 32.2 Å². The van der Waals surface area contributed by atoms with E-state index in [-0.39, 0.29) is 17.3 Å². The molecule has 0 spiro atoms. The molecule has 0 fully saturated rings. The molecule has 154 valence electrons. The molecule has 1 N–H and O–H groups in total. The van der Waals surface area contributed by atoms with Gasteiger partial charge in [-0.15, -0.1) is 0 Å². The van der Waals surface area contributed by atoms with Crippen LogP contribution in [-0.4, -0.2) is 10.9 Å². The zero-order chi connectivity index (χ0) is 21.9. The largest absolute Gasteiger partial charge is 0.507 e. The Hall–Kier alpha value is -3.81. The number of hydrogen-bond acceptors (Lipinski definition) is 5. The summed E-state index contributed by atoms with van der Waals surface area (Å²) in [5, 5.41) is 9.81. The Morgan fingerprint density at radius 1 is 1.07 bits per heavy atom. The van der Waals surface area contributed by atoms with E-state index in [1.54, 1.807) is 18.2 Å². The number of aromatic hydroxyl groups is 1. The number of carbonyl (C=O) groups is 1. The van der Waals surface area contributed by atoms with Gasteiger partial charge in [-0.2, -0.15) is 13.2 Å². The average Bonchev–Trinajstić information content (AvgIpc) is 2.65. The van der Waals surface area contributed by atoms with E-state index in [1.807, 2.05) is 0 Å². The molecule has 5 nitrogen and oxygen atoms in total. The first-order chi connectivity index (χ1) is 14.1. The fourth-order valence-electron chi connectivity index (χ4n) is 2.63. The van der Waals surface area contributed by atoms with Gasteiger partial charge >= 0.3 is 11.8 Å². The number of halogens is 3. The first kappa shape index (κ1) is 20.9. The Balaban J connectivity index is 1.80. The number of allylic oxidation sites excluding steroid dienone is 1. The van der Waals surface area contributed by atoms with Crippen LogP contribution in [0.4, 0.5) is 13.2 Å². The summed E-state index contributed by atoms with van der Waals surface area (Å²) in [7, 11) is 0. The van der Waals surface area contributed by atoms with E-state index in [0.717, 1.165) is 24.3 Å². The van der Waals surface area contributed by atoms with Crippen molar-refractivity contribution >= 4 is 11.9 Å². The Morgan fingerprint density at radius 3 is 2.40 bits per heavy atom. The van der Waals surface area contributed by atoms with Gasteiger partial charge < -0.3 is 14.3 Å². The van der Waals surface area contributed by atoms with Crippen molar-refractivity contribution in [2.24, 2.45) is 0 Å². The number of benzene rings is 2. The lowest BCUT2D eigenvalue weighted by Gasteiger charge is -2.10.